The molecular formula is C33H42ClN3O2S. The van der Waals surface area contributed by atoms with E-state index in [0.29, 0.717) is 12.6 Å². The number of hydrogen-bond acceptors (Lipinski definition) is 5. The highest BCUT2D eigenvalue weighted by atomic mass is 35.5. The lowest BCUT2D eigenvalue weighted by Crippen LogP contribution is -2.53. The van der Waals surface area contributed by atoms with Gasteiger partial charge in [-0.1, -0.05) is 62.2 Å². The maximum absolute atomic E-state index is 13.2. The standard InChI is InChI=1S/C33H42ClN3O2S/c1-3-5-19-39-31-12-20-40-32(31)33(38)37-13-10-30(11-14-37)36-17-15-35(16-18-36)24-26-6-8-27(9-7-26)28-21-25(4-2)22-29(34)23-28/h6-9,12,20-23,30H,3-5,10-11,13-19,24H2,1-2H3. The summed E-state index contributed by atoms with van der Waals surface area (Å²) in [5.74, 6) is 0.892. The van der Waals surface area contributed by atoms with Crippen LogP contribution < -0.4 is 4.74 Å². The molecule has 0 radical (unpaired) electrons. The number of unbranched alkanes of at least 4 members (excludes halogenated alkanes) is 1. The molecule has 0 bridgehead atoms. The van der Waals surface area contributed by atoms with Crippen LogP contribution in [0.2, 0.25) is 5.02 Å². The summed E-state index contributed by atoms with van der Waals surface area (Å²) in [5.41, 5.74) is 5.03. The van der Waals surface area contributed by atoms with Crippen LogP contribution in [0, 0.1) is 0 Å². The molecule has 2 aliphatic heterocycles. The van der Waals surface area contributed by atoms with Crippen molar-refractivity contribution >= 4 is 28.8 Å². The van der Waals surface area contributed by atoms with Crippen molar-refractivity contribution in [1.29, 1.82) is 0 Å². The molecule has 0 atom stereocenters. The van der Waals surface area contributed by atoms with Crippen molar-refractivity contribution in [2.24, 2.45) is 0 Å². The number of hydrogen-bond donors (Lipinski definition) is 0. The normalized spacial score (nSPS) is 17.3. The molecule has 0 aliphatic carbocycles. The molecular weight excluding hydrogens is 538 g/mol. The van der Waals surface area contributed by atoms with Gasteiger partial charge >= 0.3 is 0 Å². The van der Waals surface area contributed by atoms with Crippen LogP contribution in [0.25, 0.3) is 11.1 Å². The average molecular weight is 580 g/mol. The first-order chi connectivity index (χ1) is 19.5. The number of carbonyl (C=O) groups excluding carboxylic acids is 1. The summed E-state index contributed by atoms with van der Waals surface area (Å²) in [6.07, 6.45) is 5.19. The number of thiophene rings is 1. The number of piperidine rings is 1. The summed E-state index contributed by atoms with van der Waals surface area (Å²) in [6, 6.07) is 17.8. The molecule has 2 aromatic carbocycles. The first-order valence-corrected chi connectivity index (χ1v) is 16.1. The highest BCUT2D eigenvalue weighted by Gasteiger charge is 2.30. The largest absolute Gasteiger partial charge is 0.492 e. The summed E-state index contributed by atoms with van der Waals surface area (Å²) >= 11 is 7.84. The number of likely N-dealkylation sites (tertiary alicyclic amines) is 1. The SMILES string of the molecule is CCCCOc1ccsc1C(=O)N1CCC(N2CCN(Cc3ccc(-c4cc(Cl)cc(CC)c4)cc3)CC2)CC1. The molecule has 1 aromatic heterocycles. The molecule has 0 N–H and O–H groups in total. The van der Waals surface area contributed by atoms with Gasteiger partial charge in [-0.2, -0.15) is 0 Å². The van der Waals surface area contributed by atoms with Crippen LogP contribution in [0.5, 0.6) is 5.75 Å². The van der Waals surface area contributed by atoms with E-state index in [9.17, 15) is 4.79 Å². The molecule has 1 amide bonds. The second kappa shape index (κ2) is 14.0. The summed E-state index contributed by atoms with van der Waals surface area (Å²) < 4.78 is 5.88. The van der Waals surface area contributed by atoms with Crippen molar-refractivity contribution in [2.45, 2.75) is 58.5 Å². The minimum absolute atomic E-state index is 0.136. The number of ether oxygens (including phenoxy) is 1. The number of carbonyl (C=O) groups is 1. The van der Waals surface area contributed by atoms with Crippen molar-refractivity contribution in [3.05, 3.63) is 74.9 Å². The van der Waals surface area contributed by atoms with E-state index in [2.05, 4.69) is 60.0 Å². The summed E-state index contributed by atoms with van der Waals surface area (Å²) in [4.78, 5) is 21.2. The van der Waals surface area contributed by atoms with Crippen molar-refractivity contribution in [3.63, 3.8) is 0 Å². The zero-order valence-electron chi connectivity index (χ0n) is 23.9. The Balaban J connectivity index is 1.07. The van der Waals surface area contributed by atoms with Gasteiger partial charge in [0.05, 0.1) is 6.61 Å². The molecule has 40 heavy (non-hydrogen) atoms. The Hall–Kier alpha value is -2.38. The Kier molecular flexibility index (Phi) is 10.2. The monoisotopic (exact) mass is 579 g/mol. The lowest BCUT2D eigenvalue weighted by atomic mass is 10.0. The van der Waals surface area contributed by atoms with Crippen molar-refractivity contribution in [2.75, 3.05) is 45.9 Å². The van der Waals surface area contributed by atoms with Gasteiger partial charge in [-0.15, -0.1) is 11.3 Å². The number of halogens is 1. The molecule has 5 nitrogen and oxygen atoms in total. The third kappa shape index (κ3) is 7.27. The fraction of sp³-hybridized carbons (Fsp3) is 0.485. The zero-order valence-corrected chi connectivity index (χ0v) is 25.5. The zero-order chi connectivity index (χ0) is 27.9. The average Bonchev–Trinajstić information content (AvgIpc) is 3.46. The number of rotatable bonds is 10. The Labute approximate surface area is 248 Å². The van der Waals surface area contributed by atoms with E-state index >= 15 is 0 Å². The quantitative estimate of drug-likeness (QED) is 0.237. The molecule has 5 rings (SSSR count). The Morgan fingerprint density at radius 1 is 0.925 bits per heavy atom. The van der Waals surface area contributed by atoms with Crippen LogP contribution in [0.1, 0.15) is 60.3 Å². The lowest BCUT2D eigenvalue weighted by Gasteiger charge is -2.42. The first kappa shape index (κ1) is 29.1. The van der Waals surface area contributed by atoms with Gasteiger partial charge in [0.2, 0.25) is 0 Å². The topological polar surface area (TPSA) is 36.0 Å². The molecule has 7 heteroatoms. The molecule has 0 spiro atoms. The molecule has 0 saturated carbocycles. The van der Waals surface area contributed by atoms with E-state index in [1.807, 2.05) is 22.4 Å². The van der Waals surface area contributed by atoms with Gasteiger partial charge in [0.15, 0.2) is 0 Å². The van der Waals surface area contributed by atoms with E-state index in [0.717, 1.165) is 93.6 Å². The van der Waals surface area contributed by atoms with Gasteiger partial charge in [0, 0.05) is 56.9 Å². The Morgan fingerprint density at radius 3 is 2.38 bits per heavy atom. The fourth-order valence-corrected chi connectivity index (χ4v) is 6.90. The Morgan fingerprint density at radius 2 is 1.68 bits per heavy atom. The number of nitrogens with zero attached hydrogens (tertiary/aromatic N) is 3. The summed E-state index contributed by atoms with van der Waals surface area (Å²) in [5, 5.41) is 2.77. The maximum atomic E-state index is 13.2. The van der Waals surface area contributed by atoms with Gasteiger partial charge in [-0.25, -0.2) is 0 Å². The Bertz CT molecular complexity index is 1240. The van der Waals surface area contributed by atoms with E-state index in [-0.39, 0.29) is 5.91 Å². The van der Waals surface area contributed by atoms with Gasteiger partial charge in [0.25, 0.3) is 5.91 Å². The van der Waals surface area contributed by atoms with Gasteiger partial charge in [-0.3, -0.25) is 14.6 Å². The van der Waals surface area contributed by atoms with Gasteiger partial charge < -0.3 is 9.64 Å². The van der Waals surface area contributed by atoms with Crippen LogP contribution in [-0.4, -0.2) is 72.5 Å². The van der Waals surface area contributed by atoms with Crippen molar-refractivity contribution < 1.29 is 9.53 Å². The van der Waals surface area contributed by atoms with E-state index in [4.69, 9.17) is 16.3 Å². The van der Waals surface area contributed by atoms with Crippen LogP contribution in [0.15, 0.2) is 53.9 Å². The molecule has 3 aromatic rings. The molecule has 2 saturated heterocycles. The minimum Gasteiger partial charge on any atom is -0.492 e. The number of piperazine rings is 1. The first-order valence-electron chi connectivity index (χ1n) is 14.9. The molecule has 214 valence electrons. The van der Waals surface area contributed by atoms with Crippen LogP contribution in [-0.2, 0) is 13.0 Å². The van der Waals surface area contributed by atoms with E-state index in [1.165, 1.54) is 33.6 Å². The van der Waals surface area contributed by atoms with Crippen LogP contribution in [0.4, 0.5) is 0 Å². The third-order valence-corrected chi connectivity index (χ3v) is 9.41. The maximum Gasteiger partial charge on any atom is 0.267 e. The summed E-state index contributed by atoms with van der Waals surface area (Å²) in [7, 11) is 0. The third-order valence-electron chi connectivity index (χ3n) is 8.31. The number of amides is 1. The summed E-state index contributed by atoms with van der Waals surface area (Å²) in [6.45, 7) is 12.0. The molecule has 2 fully saturated rings. The van der Waals surface area contributed by atoms with Gasteiger partial charge in [0.1, 0.15) is 10.6 Å². The number of benzene rings is 2. The second-order valence-electron chi connectivity index (χ2n) is 11.1. The van der Waals surface area contributed by atoms with Crippen LogP contribution in [0.3, 0.4) is 0 Å². The highest BCUT2D eigenvalue weighted by molar-refractivity contribution is 7.12. The van der Waals surface area contributed by atoms with E-state index < -0.39 is 0 Å². The van der Waals surface area contributed by atoms with Crippen LogP contribution >= 0.6 is 22.9 Å². The van der Waals surface area contributed by atoms with Gasteiger partial charge in [-0.05, 0) is 71.5 Å². The molecule has 2 aliphatic rings. The smallest absolute Gasteiger partial charge is 0.267 e. The van der Waals surface area contributed by atoms with Crippen molar-refractivity contribution in [3.8, 4) is 16.9 Å². The second-order valence-corrected chi connectivity index (χ2v) is 12.4. The predicted molar refractivity (Wildman–Crippen MR) is 167 cm³/mol. The van der Waals surface area contributed by atoms with E-state index in [1.54, 1.807) is 0 Å². The lowest BCUT2D eigenvalue weighted by molar-refractivity contribution is 0.0469. The highest BCUT2D eigenvalue weighted by Crippen LogP contribution is 2.29. The van der Waals surface area contributed by atoms with Crippen molar-refractivity contribution in [1.82, 2.24) is 14.7 Å². The fourth-order valence-electron chi connectivity index (χ4n) is 5.84. The number of aryl methyl sites for hydroxylation is 1. The minimum atomic E-state index is 0.136. The predicted octanol–water partition coefficient (Wildman–Crippen LogP) is 7.23. The molecule has 3 heterocycles. The molecule has 0 unspecified atom stereocenters.